The monoisotopic (exact) mass is 681 g/mol. The minimum absolute atomic E-state index is 0.0117. The number of hydrogen-bond donors (Lipinski definition) is 0. The molecule has 3 rings (SSSR count). The summed E-state index contributed by atoms with van der Waals surface area (Å²) in [7, 11) is 0. The Morgan fingerprint density at radius 1 is 0.580 bits per heavy atom. The van der Waals surface area contributed by atoms with Crippen molar-refractivity contribution in [3.63, 3.8) is 0 Å². The van der Waals surface area contributed by atoms with Gasteiger partial charge in [0.05, 0.1) is 56.1 Å². The molecule has 3 aromatic carbocycles. The van der Waals surface area contributed by atoms with Gasteiger partial charge in [-0.2, -0.15) is 15.0 Å². The summed E-state index contributed by atoms with van der Waals surface area (Å²) in [6.45, 7) is 7.26. The lowest BCUT2D eigenvalue weighted by Gasteiger charge is -2.32. The molecule has 0 aliphatic carbocycles. The van der Waals surface area contributed by atoms with E-state index in [4.69, 9.17) is 14.2 Å². The van der Waals surface area contributed by atoms with Gasteiger partial charge in [0.2, 0.25) is 18.2 Å². The maximum Gasteiger partial charge on any atom is 0.310 e. The molecule has 0 amide bonds. The molecule has 0 atom stereocenters. The summed E-state index contributed by atoms with van der Waals surface area (Å²) >= 11 is 0. The van der Waals surface area contributed by atoms with Gasteiger partial charge in [0.25, 0.3) is 0 Å². The second kappa shape index (κ2) is 19.3. The van der Waals surface area contributed by atoms with Crippen LogP contribution in [0.15, 0.2) is 69.6 Å². The van der Waals surface area contributed by atoms with E-state index in [-0.39, 0.29) is 39.1 Å². The fourth-order valence-electron chi connectivity index (χ4n) is 5.18. The number of isocyanates is 3. The predicted octanol–water partition coefficient (Wildman–Crippen LogP) is 6.35. The zero-order valence-electron chi connectivity index (χ0n) is 28.6. The Bertz CT molecular complexity index is 1760. The molecule has 0 N–H and O–H groups in total. The van der Waals surface area contributed by atoms with Crippen molar-refractivity contribution in [3.8, 4) is 0 Å². The van der Waals surface area contributed by atoms with Gasteiger partial charge in [0, 0.05) is 5.41 Å². The van der Waals surface area contributed by atoms with Crippen molar-refractivity contribution in [1.82, 2.24) is 0 Å². The van der Waals surface area contributed by atoms with Crippen LogP contribution in [0.4, 0.5) is 17.1 Å². The molecule has 0 heterocycles. The number of aliphatic imine (C=N–C) groups is 3. The van der Waals surface area contributed by atoms with E-state index in [1.165, 1.54) is 18.2 Å². The molecule has 0 aliphatic rings. The van der Waals surface area contributed by atoms with Crippen molar-refractivity contribution < 1.29 is 43.0 Å². The number of esters is 3. The summed E-state index contributed by atoms with van der Waals surface area (Å²) in [6.07, 6.45) is 5.50. The minimum Gasteiger partial charge on any atom is -0.465 e. The molecule has 260 valence electrons. The average molecular weight is 682 g/mol. The highest BCUT2D eigenvalue weighted by Crippen LogP contribution is 2.32. The quantitative estimate of drug-likeness (QED) is 0.0643. The van der Waals surface area contributed by atoms with Gasteiger partial charge in [0.1, 0.15) is 0 Å². The third kappa shape index (κ3) is 12.0. The van der Waals surface area contributed by atoms with Gasteiger partial charge in [-0.25, -0.2) is 14.4 Å². The normalized spacial score (nSPS) is 11.5. The Labute approximate surface area is 290 Å². The molecule has 0 radical (unpaired) electrons. The lowest BCUT2D eigenvalue weighted by atomic mass is 9.80. The first-order valence-electron chi connectivity index (χ1n) is 16.0. The molecule has 0 saturated carbocycles. The number of rotatable bonds is 18. The number of carbonyl (C=O) groups excluding carboxylic acids is 6. The summed E-state index contributed by atoms with van der Waals surface area (Å²) in [4.78, 5) is 81.6. The van der Waals surface area contributed by atoms with Gasteiger partial charge in [-0.1, -0.05) is 43.3 Å². The Balaban J connectivity index is 1.67. The van der Waals surface area contributed by atoms with Crippen LogP contribution < -0.4 is 0 Å². The third-order valence-corrected chi connectivity index (χ3v) is 8.44. The van der Waals surface area contributed by atoms with Gasteiger partial charge in [-0.3, -0.25) is 14.4 Å². The topological polar surface area (TPSA) is 167 Å². The number of ether oxygens (including phenoxy) is 3. The van der Waals surface area contributed by atoms with Crippen molar-refractivity contribution in [1.29, 1.82) is 0 Å². The Hall–Kier alpha value is -5.79. The van der Waals surface area contributed by atoms with Crippen LogP contribution in [0.1, 0.15) is 59.6 Å². The first-order chi connectivity index (χ1) is 24.0. The summed E-state index contributed by atoms with van der Waals surface area (Å²) in [5, 5.41) is 0. The molecule has 0 unspecified atom stereocenters. The van der Waals surface area contributed by atoms with E-state index in [1.807, 2.05) is 6.92 Å². The fourth-order valence-corrected chi connectivity index (χ4v) is 5.18. The van der Waals surface area contributed by atoms with E-state index in [0.717, 1.165) is 16.7 Å². The summed E-state index contributed by atoms with van der Waals surface area (Å²) < 4.78 is 16.8. The first kappa shape index (κ1) is 38.7. The summed E-state index contributed by atoms with van der Waals surface area (Å²) in [6, 6.07) is 15.4. The smallest absolute Gasteiger partial charge is 0.310 e. The number of hydrogen-bond acceptors (Lipinski definition) is 12. The molecule has 0 saturated heterocycles. The zero-order chi connectivity index (χ0) is 36.5. The predicted molar refractivity (Wildman–Crippen MR) is 183 cm³/mol. The molecule has 50 heavy (non-hydrogen) atoms. The van der Waals surface area contributed by atoms with E-state index < -0.39 is 23.3 Å². The van der Waals surface area contributed by atoms with E-state index >= 15 is 0 Å². The van der Waals surface area contributed by atoms with Gasteiger partial charge in [-0.15, -0.1) is 0 Å². The molecule has 3 aromatic rings. The third-order valence-electron chi connectivity index (χ3n) is 8.44. The van der Waals surface area contributed by atoms with Crippen LogP contribution in [0.3, 0.4) is 0 Å². The van der Waals surface area contributed by atoms with Gasteiger partial charge < -0.3 is 14.2 Å². The van der Waals surface area contributed by atoms with E-state index in [0.29, 0.717) is 53.0 Å². The molecule has 0 bridgehead atoms. The van der Waals surface area contributed by atoms with Crippen LogP contribution in [-0.4, -0.2) is 56.0 Å². The number of carbonyl (C=O) groups is 3. The van der Waals surface area contributed by atoms with Crippen LogP contribution in [0.2, 0.25) is 0 Å². The SMILES string of the molecule is CCC(CCOC(=O)Cc1ccc(C)c(N=C=O)c1)(CCOC(=O)Cc1ccc(C)c(N=C=O)c1)COC(=O)Cc1ccc(C)c(N=C=O)c1. The minimum atomic E-state index is -0.706. The van der Waals surface area contributed by atoms with Crippen molar-refractivity contribution >= 4 is 53.2 Å². The number of nitrogens with zero attached hydrogens (tertiary/aromatic N) is 3. The molecular weight excluding hydrogens is 642 g/mol. The first-order valence-corrected chi connectivity index (χ1v) is 16.0. The number of aryl methyl sites for hydroxylation is 3. The Morgan fingerprint density at radius 2 is 0.920 bits per heavy atom. The lowest BCUT2D eigenvalue weighted by molar-refractivity contribution is -0.152. The number of benzene rings is 3. The molecule has 12 nitrogen and oxygen atoms in total. The van der Waals surface area contributed by atoms with Crippen molar-refractivity contribution in [2.45, 2.75) is 66.2 Å². The molecule has 0 aromatic heterocycles. The van der Waals surface area contributed by atoms with Gasteiger partial charge in [-0.05, 0) is 91.6 Å². The van der Waals surface area contributed by atoms with Crippen molar-refractivity contribution in [2.75, 3.05) is 19.8 Å². The van der Waals surface area contributed by atoms with Crippen LogP contribution in [-0.2, 0) is 62.2 Å². The van der Waals surface area contributed by atoms with Crippen LogP contribution in [0, 0.1) is 26.2 Å². The molecule has 12 heteroatoms. The highest BCUT2D eigenvalue weighted by Gasteiger charge is 2.31. The molecule has 0 spiro atoms. The average Bonchev–Trinajstić information content (AvgIpc) is 3.08. The summed E-state index contributed by atoms with van der Waals surface area (Å²) in [5.74, 6) is -1.50. The summed E-state index contributed by atoms with van der Waals surface area (Å²) in [5.41, 5.74) is 4.68. The highest BCUT2D eigenvalue weighted by atomic mass is 16.5. The molecule has 0 fully saturated rings. The Kier molecular flexibility index (Phi) is 14.9. The standard InChI is InChI=1S/C38H39N3O9/c1-5-38(22-50-37(47)21-31-11-8-28(4)34(18-31)41-25-44,12-14-48-35(45)19-29-9-6-26(2)32(16-29)39-23-42)13-15-49-36(46)20-30-10-7-27(3)33(17-30)40-24-43/h6-11,16-18H,5,12-15,19-22H2,1-4H3. The molecular formula is C38H39N3O9. The highest BCUT2D eigenvalue weighted by molar-refractivity contribution is 5.74. The largest absolute Gasteiger partial charge is 0.465 e. The van der Waals surface area contributed by atoms with Gasteiger partial charge >= 0.3 is 17.9 Å². The fraction of sp³-hybridized carbons (Fsp3) is 0.368. The van der Waals surface area contributed by atoms with Crippen molar-refractivity contribution in [2.24, 2.45) is 20.4 Å². The maximum absolute atomic E-state index is 12.9. The van der Waals surface area contributed by atoms with E-state index in [1.54, 1.807) is 75.4 Å². The van der Waals surface area contributed by atoms with E-state index in [2.05, 4.69) is 15.0 Å². The van der Waals surface area contributed by atoms with Crippen LogP contribution in [0.25, 0.3) is 0 Å². The van der Waals surface area contributed by atoms with Crippen LogP contribution >= 0.6 is 0 Å². The van der Waals surface area contributed by atoms with Gasteiger partial charge in [0.15, 0.2) is 0 Å². The Morgan fingerprint density at radius 3 is 1.24 bits per heavy atom. The zero-order valence-corrected chi connectivity index (χ0v) is 28.6. The second-order valence-corrected chi connectivity index (χ2v) is 12.0. The maximum atomic E-state index is 12.9. The van der Waals surface area contributed by atoms with Crippen molar-refractivity contribution in [3.05, 3.63) is 88.0 Å². The second-order valence-electron chi connectivity index (χ2n) is 12.0. The van der Waals surface area contributed by atoms with Crippen LogP contribution in [0.5, 0.6) is 0 Å². The van der Waals surface area contributed by atoms with E-state index in [9.17, 15) is 28.8 Å². The lowest BCUT2D eigenvalue weighted by Crippen LogP contribution is -2.32. The molecule has 0 aliphatic heterocycles.